The van der Waals surface area contributed by atoms with Gasteiger partial charge in [-0.2, -0.15) is 10.2 Å². The average Bonchev–Trinajstić information content (AvgIpc) is 2.05. The van der Waals surface area contributed by atoms with E-state index in [4.69, 9.17) is 0 Å². The molecular weight excluding hydrogens is 156 g/mol. The molecule has 0 aromatic heterocycles. The third kappa shape index (κ3) is 4.59. The van der Waals surface area contributed by atoms with Crippen molar-refractivity contribution in [1.82, 2.24) is 0 Å². The molecule has 6 heteroatoms. The first-order valence-corrected chi connectivity index (χ1v) is 4.13. The topological polar surface area (TPSA) is 74.2 Å². The molecule has 0 bridgehead atoms. The van der Waals surface area contributed by atoms with E-state index in [1.165, 1.54) is 12.8 Å². The first-order chi connectivity index (χ1) is 6.00. The standard InChI is InChI=1S/C6H12N6/c1-2-4-6-8-10-12-11-9-7-5-3-1/h1-6H2. The van der Waals surface area contributed by atoms with Crippen molar-refractivity contribution in [2.24, 2.45) is 31.1 Å². The predicted molar refractivity (Wildman–Crippen MR) is 42.8 cm³/mol. The van der Waals surface area contributed by atoms with Gasteiger partial charge in [0.05, 0.1) is 13.1 Å². The molecule has 0 saturated heterocycles. The second-order valence-electron chi connectivity index (χ2n) is 2.50. The summed E-state index contributed by atoms with van der Waals surface area (Å²) in [5.74, 6) is 0. The van der Waals surface area contributed by atoms with E-state index in [-0.39, 0.29) is 0 Å². The van der Waals surface area contributed by atoms with Gasteiger partial charge < -0.3 is 0 Å². The quantitative estimate of drug-likeness (QED) is 0.533. The van der Waals surface area contributed by atoms with E-state index in [0.29, 0.717) is 0 Å². The molecular formula is C6H12N6. The van der Waals surface area contributed by atoms with E-state index in [1.54, 1.807) is 0 Å². The molecule has 0 aromatic rings. The molecule has 0 atom stereocenters. The Hall–Kier alpha value is -1.20. The summed E-state index contributed by atoms with van der Waals surface area (Å²) in [7, 11) is 0. The average molecular weight is 168 g/mol. The van der Waals surface area contributed by atoms with Crippen LogP contribution in [0.25, 0.3) is 0 Å². The maximum absolute atomic E-state index is 3.77. The minimum Gasteiger partial charge on any atom is -0.167 e. The second-order valence-corrected chi connectivity index (χ2v) is 2.50. The highest BCUT2D eigenvalue weighted by Crippen LogP contribution is 2.01. The van der Waals surface area contributed by atoms with Gasteiger partial charge in [0.1, 0.15) is 0 Å². The lowest BCUT2D eigenvalue weighted by molar-refractivity contribution is 0.621. The Morgan fingerprint density at radius 3 is 1.50 bits per heavy atom. The van der Waals surface area contributed by atoms with Crippen molar-refractivity contribution < 1.29 is 0 Å². The summed E-state index contributed by atoms with van der Waals surface area (Å²) < 4.78 is 0. The van der Waals surface area contributed by atoms with E-state index in [2.05, 4.69) is 31.1 Å². The highest BCUT2D eigenvalue weighted by molar-refractivity contribution is 4.47. The fourth-order valence-corrected chi connectivity index (χ4v) is 0.900. The summed E-state index contributed by atoms with van der Waals surface area (Å²) in [6, 6.07) is 0. The molecule has 0 unspecified atom stereocenters. The molecule has 1 aliphatic rings. The van der Waals surface area contributed by atoms with Gasteiger partial charge in [-0.1, -0.05) is 12.8 Å². The van der Waals surface area contributed by atoms with Gasteiger partial charge in [-0.05, 0) is 33.7 Å². The molecule has 0 aliphatic carbocycles. The van der Waals surface area contributed by atoms with Gasteiger partial charge in [-0.15, -0.1) is 0 Å². The Balaban J connectivity index is 2.32. The van der Waals surface area contributed by atoms with E-state index >= 15 is 0 Å². The van der Waals surface area contributed by atoms with Crippen molar-refractivity contribution in [3.8, 4) is 0 Å². The summed E-state index contributed by atoms with van der Waals surface area (Å²) in [4.78, 5) is 0. The van der Waals surface area contributed by atoms with Crippen molar-refractivity contribution >= 4 is 0 Å². The number of nitrogens with zero attached hydrogens (tertiary/aromatic N) is 6. The number of hydrogen-bond acceptors (Lipinski definition) is 6. The largest absolute Gasteiger partial charge is 0.167 e. The van der Waals surface area contributed by atoms with E-state index in [1.807, 2.05) is 0 Å². The summed E-state index contributed by atoms with van der Waals surface area (Å²) in [6.07, 6.45) is 4.48. The lowest BCUT2D eigenvalue weighted by atomic mass is 10.2. The molecule has 0 saturated carbocycles. The molecule has 1 aliphatic heterocycles. The molecule has 0 fully saturated rings. The lowest BCUT2D eigenvalue weighted by Crippen LogP contribution is -1.84. The maximum Gasteiger partial charge on any atom is 0.0621 e. The first kappa shape index (κ1) is 8.89. The van der Waals surface area contributed by atoms with Crippen molar-refractivity contribution in [3.63, 3.8) is 0 Å². The zero-order valence-corrected chi connectivity index (χ0v) is 6.93. The number of hydrogen-bond donors (Lipinski definition) is 0. The van der Waals surface area contributed by atoms with E-state index in [0.717, 1.165) is 25.9 Å². The van der Waals surface area contributed by atoms with E-state index in [9.17, 15) is 0 Å². The highest BCUT2D eigenvalue weighted by Gasteiger charge is 1.89. The van der Waals surface area contributed by atoms with Crippen LogP contribution in [-0.2, 0) is 0 Å². The van der Waals surface area contributed by atoms with Gasteiger partial charge in [-0.25, -0.2) is 0 Å². The van der Waals surface area contributed by atoms with Crippen LogP contribution in [0, 0.1) is 0 Å². The van der Waals surface area contributed by atoms with Crippen molar-refractivity contribution in [2.45, 2.75) is 25.7 Å². The van der Waals surface area contributed by atoms with Crippen molar-refractivity contribution in [2.75, 3.05) is 13.1 Å². The molecule has 0 N–H and O–H groups in total. The highest BCUT2D eigenvalue weighted by atomic mass is 15.6. The van der Waals surface area contributed by atoms with Crippen LogP contribution in [0.4, 0.5) is 0 Å². The third-order valence-electron chi connectivity index (χ3n) is 1.51. The van der Waals surface area contributed by atoms with Gasteiger partial charge in [0.15, 0.2) is 0 Å². The van der Waals surface area contributed by atoms with Crippen LogP contribution in [0.3, 0.4) is 0 Å². The summed E-state index contributed by atoms with van der Waals surface area (Å²) in [6.45, 7) is 1.46. The third-order valence-corrected chi connectivity index (χ3v) is 1.51. The SMILES string of the molecule is C1CCCN=NN=NN=NCC1. The zero-order valence-electron chi connectivity index (χ0n) is 6.93. The molecule has 0 radical (unpaired) electrons. The second kappa shape index (κ2) is 6.51. The smallest absolute Gasteiger partial charge is 0.0621 e. The molecule has 1 rings (SSSR count). The molecule has 0 amide bonds. The lowest BCUT2D eigenvalue weighted by Gasteiger charge is -1.95. The van der Waals surface area contributed by atoms with Crippen molar-refractivity contribution in [3.05, 3.63) is 0 Å². The molecule has 12 heavy (non-hydrogen) atoms. The predicted octanol–water partition coefficient (Wildman–Crippen LogP) is 2.75. The van der Waals surface area contributed by atoms with Crippen molar-refractivity contribution in [1.29, 1.82) is 0 Å². The van der Waals surface area contributed by atoms with Crippen LogP contribution in [0.1, 0.15) is 25.7 Å². The Bertz CT molecular complexity index is 164. The molecule has 6 nitrogen and oxygen atoms in total. The molecule has 0 aromatic carbocycles. The first-order valence-electron chi connectivity index (χ1n) is 4.13. The minimum atomic E-state index is 0.732. The van der Waals surface area contributed by atoms with Gasteiger partial charge in [0.25, 0.3) is 0 Å². The van der Waals surface area contributed by atoms with Crippen LogP contribution in [0.15, 0.2) is 31.1 Å². The number of rotatable bonds is 0. The monoisotopic (exact) mass is 168 g/mol. The molecule has 66 valence electrons. The zero-order chi connectivity index (χ0) is 8.49. The Kier molecular flexibility index (Phi) is 4.82. The summed E-state index contributed by atoms with van der Waals surface area (Å²) in [5.41, 5.74) is 0. The maximum atomic E-state index is 3.77. The Labute approximate surface area is 70.8 Å². The molecule has 0 spiro atoms. The fraction of sp³-hybridized carbons (Fsp3) is 1.00. The minimum absolute atomic E-state index is 0.732. The van der Waals surface area contributed by atoms with Crippen LogP contribution in [0.5, 0.6) is 0 Å². The van der Waals surface area contributed by atoms with Crippen LogP contribution < -0.4 is 0 Å². The van der Waals surface area contributed by atoms with Crippen LogP contribution >= 0.6 is 0 Å². The van der Waals surface area contributed by atoms with Crippen LogP contribution in [-0.4, -0.2) is 13.1 Å². The normalized spacial score (nSPS) is 20.0. The van der Waals surface area contributed by atoms with Gasteiger partial charge >= 0.3 is 0 Å². The van der Waals surface area contributed by atoms with Crippen LogP contribution in [0.2, 0.25) is 0 Å². The van der Waals surface area contributed by atoms with Gasteiger partial charge in [0.2, 0.25) is 0 Å². The Morgan fingerprint density at radius 2 is 1.00 bits per heavy atom. The van der Waals surface area contributed by atoms with Gasteiger partial charge in [0, 0.05) is 0 Å². The summed E-state index contributed by atoms with van der Waals surface area (Å²) >= 11 is 0. The van der Waals surface area contributed by atoms with E-state index < -0.39 is 0 Å². The van der Waals surface area contributed by atoms with Gasteiger partial charge in [-0.3, -0.25) is 0 Å². The fourth-order valence-electron chi connectivity index (χ4n) is 0.900. The Morgan fingerprint density at radius 1 is 0.500 bits per heavy atom. The molecule has 1 heterocycles. The summed E-state index contributed by atoms with van der Waals surface area (Å²) in [5, 5.41) is 21.1.